The minimum atomic E-state index is -1.17. The van der Waals surface area contributed by atoms with Crippen LogP contribution in [0.4, 0.5) is 4.39 Å². The van der Waals surface area contributed by atoms with Gasteiger partial charge in [-0.2, -0.15) is 0 Å². The van der Waals surface area contributed by atoms with Gasteiger partial charge in [0.15, 0.2) is 0 Å². The Morgan fingerprint density at radius 2 is 1.83 bits per heavy atom. The predicted molar refractivity (Wildman–Crippen MR) is 66.1 cm³/mol. The number of hydrogen-bond donors (Lipinski definition) is 1. The standard InChI is InChI=1S/C14H10FNO2/c15-13-4-2-1-3-11(13)12(14(17)18)9-10-5-7-16-8-6-10/h1-9H,(H,17,18)/b12-9+. The summed E-state index contributed by atoms with van der Waals surface area (Å²) in [5.74, 6) is -1.72. The lowest BCUT2D eigenvalue weighted by molar-refractivity contribution is -0.130. The third-order valence-corrected chi connectivity index (χ3v) is 2.41. The van der Waals surface area contributed by atoms with Gasteiger partial charge in [-0.3, -0.25) is 4.98 Å². The molecule has 0 radical (unpaired) electrons. The van der Waals surface area contributed by atoms with Gasteiger partial charge in [0.2, 0.25) is 0 Å². The minimum Gasteiger partial charge on any atom is -0.478 e. The molecular weight excluding hydrogens is 233 g/mol. The van der Waals surface area contributed by atoms with Crippen molar-refractivity contribution >= 4 is 17.6 Å². The van der Waals surface area contributed by atoms with E-state index in [1.165, 1.54) is 24.3 Å². The molecule has 18 heavy (non-hydrogen) atoms. The number of hydrogen-bond acceptors (Lipinski definition) is 2. The highest BCUT2D eigenvalue weighted by molar-refractivity contribution is 6.20. The Bertz CT molecular complexity index is 594. The second-order valence-corrected chi connectivity index (χ2v) is 3.62. The average Bonchev–Trinajstić information content (AvgIpc) is 2.38. The third-order valence-electron chi connectivity index (χ3n) is 2.41. The van der Waals surface area contributed by atoms with Crippen molar-refractivity contribution in [3.05, 3.63) is 65.7 Å². The number of carbonyl (C=O) groups is 1. The van der Waals surface area contributed by atoms with Crippen LogP contribution in [0, 0.1) is 5.82 Å². The quantitative estimate of drug-likeness (QED) is 0.843. The minimum absolute atomic E-state index is 0.0711. The highest BCUT2D eigenvalue weighted by atomic mass is 19.1. The molecule has 90 valence electrons. The van der Waals surface area contributed by atoms with Crippen molar-refractivity contribution in [3.8, 4) is 0 Å². The summed E-state index contributed by atoms with van der Waals surface area (Å²) in [4.78, 5) is 15.0. The van der Waals surface area contributed by atoms with E-state index >= 15 is 0 Å². The monoisotopic (exact) mass is 243 g/mol. The Morgan fingerprint density at radius 1 is 1.17 bits per heavy atom. The van der Waals surface area contributed by atoms with E-state index in [2.05, 4.69) is 4.98 Å². The van der Waals surface area contributed by atoms with Crippen LogP contribution in [0.15, 0.2) is 48.8 Å². The normalized spacial score (nSPS) is 11.3. The van der Waals surface area contributed by atoms with Crippen molar-refractivity contribution < 1.29 is 14.3 Å². The van der Waals surface area contributed by atoms with E-state index < -0.39 is 11.8 Å². The van der Waals surface area contributed by atoms with Crippen molar-refractivity contribution in [2.75, 3.05) is 0 Å². The number of benzene rings is 1. The Morgan fingerprint density at radius 3 is 2.44 bits per heavy atom. The van der Waals surface area contributed by atoms with Gasteiger partial charge in [-0.1, -0.05) is 18.2 Å². The first-order chi connectivity index (χ1) is 8.68. The number of aromatic nitrogens is 1. The molecule has 0 aliphatic rings. The average molecular weight is 243 g/mol. The molecule has 0 atom stereocenters. The molecule has 2 aromatic rings. The van der Waals surface area contributed by atoms with Crippen molar-refractivity contribution in [2.45, 2.75) is 0 Å². The largest absolute Gasteiger partial charge is 0.478 e. The van der Waals surface area contributed by atoms with E-state index in [-0.39, 0.29) is 11.1 Å². The zero-order valence-corrected chi connectivity index (χ0v) is 9.38. The molecule has 1 aromatic heterocycles. The zero-order valence-electron chi connectivity index (χ0n) is 9.38. The molecule has 0 aliphatic heterocycles. The molecule has 0 saturated carbocycles. The van der Waals surface area contributed by atoms with E-state index in [4.69, 9.17) is 5.11 Å². The number of carboxylic acids is 1. The van der Waals surface area contributed by atoms with Crippen LogP contribution in [-0.2, 0) is 4.79 Å². The van der Waals surface area contributed by atoms with Gasteiger partial charge < -0.3 is 5.11 Å². The first kappa shape index (κ1) is 12.0. The summed E-state index contributed by atoms with van der Waals surface area (Å²) in [6.45, 7) is 0. The molecule has 0 fully saturated rings. The molecule has 0 aliphatic carbocycles. The van der Waals surface area contributed by atoms with E-state index in [1.807, 2.05) is 0 Å². The Balaban J connectivity index is 2.51. The fourth-order valence-electron chi connectivity index (χ4n) is 1.56. The molecule has 0 unspecified atom stereocenters. The van der Waals surface area contributed by atoms with Crippen LogP contribution in [-0.4, -0.2) is 16.1 Å². The zero-order chi connectivity index (χ0) is 13.0. The van der Waals surface area contributed by atoms with E-state index in [1.54, 1.807) is 30.6 Å². The maximum absolute atomic E-state index is 13.6. The van der Waals surface area contributed by atoms with Gasteiger partial charge in [-0.15, -0.1) is 0 Å². The van der Waals surface area contributed by atoms with Gasteiger partial charge in [0.05, 0.1) is 5.57 Å². The summed E-state index contributed by atoms with van der Waals surface area (Å²) >= 11 is 0. The van der Waals surface area contributed by atoms with Crippen LogP contribution in [0.3, 0.4) is 0 Å². The van der Waals surface area contributed by atoms with Gasteiger partial charge in [-0.05, 0) is 29.8 Å². The number of nitrogens with zero attached hydrogens (tertiary/aromatic N) is 1. The van der Waals surface area contributed by atoms with Gasteiger partial charge in [0.1, 0.15) is 5.82 Å². The molecule has 0 spiro atoms. The van der Waals surface area contributed by atoms with E-state index in [0.717, 1.165) is 0 Å². The molecule has 0 saturated heterocycles. The Labute approximate surface area is 103 Å². The lowest BCUT2D eigenvalue weighted by Crippen LogP contribution is -2.01. The highest BCUT2D eigenvalue weighted by Gasteiger charge is 2.14. The number of pyridine rings is 1. The number of aliphatic carboxylic acids is 1. The van der Waals surface area contributed by atoms with Crippen molar-refractivity contribution in [1.82, 2.24) is 4.98 Å². The smallest absolute Gasteiger partial charge is 0.336 e. The van der Waals surface area contributed by atoms with Crippen LogP contribution in [0.2, 0.25) is 0 Å². The van der Waals surface area contributed by atoms with Crippen LogP contribution >= 0.6 is 0 Å². The summed E-state index contributed by atoms with van der Waals surface area (Å²) in [6, 6.07) is 9.11. The predicted octanol–water partition coefficient (Wildman–Crippen LogP) is 2.85. The summed E-state index contributed by atoms with van der Waals surface area (Å²) in [6.07, 6.45) is 4.52. The van der Waals surface area contributed by atoms with Crippen molar-refractivity contribution in [2.24, 2.45) is 0 Å². The maximum Gasteiger partial charge on any atom is 0.336 e. The van der Waals surface area contributed by atoms with Crippen molar-refractivity contribution in [1.29, 1.82) is 0 Å². The molecule has 4 heteroatoms. The lowest BCUT2D eigenvalue weighted by Gasteiger charge is -2.04. The summed E-state index contributed by atoms with van der Waals surface area (Å²) < 4.78 is 13.6. The van der Waals surface area contributed by atoms with Crippen molar-refractivity contribution in [3.63, 3.8) is 0 Å². The fourth-order valence-corrected chi connectivity index (χ4v) is 1.56. The maximum atomic E-state index is 13.6. The first-order valence-electron chi connectivity index (χ1n) is 5.28. The third kappa shape index (κ3) is 2.60. The van der Waals surface area contributed by atoms with E-state index in [9.17, 15) is 9.18 Å². The Hall–Kier alpha value is -2.49. The molecule has 1 N–H and O–H groups in total. The lowest BCUT2D eigenvalue weighted by atomic mass is 10.0. The number of rotatable bonds is 3. The highest BCUT2D eigenvalue weighted by Crippen LogP contribution is 2.21. The summed E-state index contributed by atoms with van der Waals surface area (Å²) in [5, 5.41) is 9.16. The molecule has 1 aromatic carbocycles. The molecule has 3 nitrogen and oxygen atoms in total. The summed E-state index contributed by atoms with van der Waals surface area (Å²) in [5.41, 5.74) is 0.645. The van der Waals surface area contributed by atoms with Gasteiger partial charge in [0, 0.05) is 18.0 Å². The fraction of sp³-hybridized carbons (Fsp3) is 0. The first-order valence-corrected chi connectivity index (χ1v) is 5.28. The van der Waals surface area contributed by atoms with E-state index in [0.29, 0.717) is 5.56 Å². The van der Waals surface area contributed by atoms with Crippen LogP contribution < -0.4 is 0 Å². The molecule has 2 rings (SSSR count). The topological polar surface area (TPSA) is 50.2 Å². The van der Waals surface area contributed by atoms with Crippen LogP contribution in [0.25, 0.3) is 11.6 Å². The SMILES string of the molecule is O=C(O)/C(=C/c1ccncc1)c1ccccc1F. The molecule has 1 heterocycles. The Kier molecular flexibility index (Phi) is 3.48. The second kappa shape index (κ2) is 5.23. The number of halogens is 1. The molecule has 0 amide bonds. The molecular formula is C14H10FNO2. The van der Waals surface area contributed by atoms with Gasteiger partial charge >= 0.3 is 5.97 Å². The second-order valence-electron chi connectivity index (χ2n) is 3.62. The van der Waals surface area contributed by atoms with Crippen LogP contribution in [0.1, 0.15) is 11.1 Å². The van der Waals surface area contributed by atoms with Crippen LogP contribution in [0.5, 0.6) is 0 Å². The van der Waals surface area contributed by atoms with Gasteiger partial charge in [-0.25, -0.2) is 9.18 Å². The molecule has 0 bridgehead atoms. The summed E-state index contributed by atoms with van der Waals surface area (Å²) in [7, 11) is 0. The number of carboxylic acid groups (broad SMARTS) is 1. The van der Waals surface area contributed by atoms with Gasteiger partial charge in [0.25, 0.3) is 0 Å².